The first-order chi connectivity index (χ1) is 7.62. The van der Waals surface area contributed by atoms with Crippen molar-refractivity contribution in [2.75, 3.05) is 0 Å². The van der Waals surface area contributed by atoms with Gasteiger partial charge in [-0.15, -0.1) is 0 Å². The topological polar surface area (TPSA) is 34.1 Å². The molecule has 86 valence electrons. The maximum Gasteiger partial charge on any atom is 0.137 e. The van der Waals surface area contributed by atoms with Crippen molar-refractivity contribution in [3.8, 4) is 0 Å². The number of allylic oxidation sites excluding steroid dienone is 4. The number of rotatable bonds is 1. The van der Waals surface area contributed by atoms with Crippen LogP contribution in [-0.4, -0.2) is 11.6 Å². The summed E-state index contributed by atoms with van der Waals surface area (Å²) < 4.78 is 0. The molecule has 2 rings (SSSR count). The molecule has 16 heavy (non-hydrogen) atoms. The van der Waals surface area contributed by atoms with Gasteiger partial charge in [0.05, 0.1) is 0 Å². The number of Topliss-reactive ketones (excluding diaryl/α,β-unsaturated/α-hetero) is 2. The van der Waals surface area contributed by atoms with Crippen molar-refractivity contribution >= 4 is 11.6 Å². The summed E-state index contributed by atoms with van der Waals surface area (Å²) in [6.07, 6.45) is 11.3. The number of hydrogen-bond donors (Lipinski definition) is 0. The standard InChI is InChI=1S/C14H18O2/c1-14(9-2-3-10-14)12-8-7-11(15)5-4-6-13(12)16/h2-3,9-10,12H,4-8H2,1H3. The van der Waals surface area contributed by atoms with Gasteiger partial charge in [0.2, 0.25) is 0 Å². The third-order valence-electron chi connectivity index (χ3n) is 3.75. The first kappa shape index (κ1) is 11.3. The molecule has 2 nitrogen and oxygen atoms in total. The van der Waals surface area contributed by atoms with Crippen molar-refractivity contribution in [1.29, 1.82) is 0 Å². The lowest BCUT2D eigenvalue weighted by molar-refractivity contribution is -0.127. The quantitative estimate of drug-likeness (QED) is 0.678. The molecule has 2 aliphatic carbocycles. The largest absolute Gasteiger partial charge is 0.300 e. The van der Waals surface area contributed by atoms with Crippen LogP contribution in [-0.2, 0) is 9.59 Å². The third kappa shape index (κ3) is 2.16. The monoisotopic (exact) mass is 218 g/mol. The number of carbonyl (C=O) groups excluding carboxylic acids is 2. The maximum atomic E-state index is 12.1. The summed E-state index contributed by atoms with van der Waals surface area (Å²) in [5, 5.41) is 0. The zero-order chi connectivity index (χ0) is 11.6. The van der Waals surface area contributed by atoms with E-state index in [0.717, 1.165) is 6.42 Å². The molecule has 1 fully saturated rings. The minimum absolute atomic E-state index is 0.00764. The van der Waals surface area contributed by atoms with Gasteiger partial charge >= 0.3 is 0 Å². The van der Waals surface area contributed by atoms with Gasteiger partial charge in [-0.05, 0) is 12.8 Å². The Bertz CT molecular complexity index is 351. The van der Waals surface area contributed by atoms with Crippen LogP contribution in [0.5, 0.6) is 0 Å². The molecule has 0 aromatic carbocycles. The molecule has 0 aromatic heterocycles. The van der Waals surface area contributed by atoms with Crippen molar-refractivity contribution < 1.29 is 9.59 Å². The van der Waals surface area contributed by atoms with Crippen LogP contribution in [0.4, 0.5) is 0 Å². The first-order valence-corrected chi connectivity index (χ1v) is 6.03. The summed E-state index contributed by atoms with van der Waals surface area (Å²) in [6.45, 7) is 2.08. The van der Waals surface area contributed by atoms with Crippen molar-refractivity contribution in [1.82, 2.24) is 0 Å². The fourth-order valence-corrected chi connectivity index (χ4v) is 2.70. The van der Waals surface area contributed by atoms with Crippen molar-refractivity contribution in [3.05, 3.63) is 24.3 Å². The van der Waals surface area contributed by atoms with E-state index in [-0.39, 0.29) is 11.3 Å². The number of hydrogen-bond acceptors (Lipinski definition) is 2. The molecule has 0 saturated heterocycles. The van der Waals surface area contributed by atoms with E-state index in [1.165, 1.54) is 0 Å². The molecule has 0 N–H and O–H groups in total. The Hall–Kier alpha value is -1.18. The molecule has 1 unspecified atom stereocenters. The summed E-state index contributed by atoms with van der Waals surface area (Å²) in [5.74, 6) is 0.630. The van der Waals surface area contributed by atoms with Crippen LogP contribution in [0.2, 0.25) is 0 Å². The summed E-state index contributed by atoms with van der Waals surface area (Å²) >= 11 is 0. The van der Waals surface area contributed by atoms with E-state index in [1.807, 2.05) is 12.2 Å². The molecule has 0 heterocycles. The highest BCUT2D eigenvalue weighted by Gasteiger charge is 2.36. The molecule has 0 aromatic rings. The van der Waals surface area contributed by atoms with Crippen molar-refractivity contribution in [2.24, 2.45) is 11.3 Å². The van der Waals surface area contributed by atoms with E-state index >= 15 is 0 Å². The fraction of sp³-hybridized carbons (Fsp3) is 0.571. The van der Waals surface area contributed by atoms with E-state index in [2.05, 4.69) is 19.1 Å². The molecule has 0 radical (unpaired) electrons. The van der Waals surface area contributed by atoms with Crippen LogP contribution in [0.1, 0.15) is 39.0 Å². The summed E-state index contributed by atoms with van der Waals surface area (Å²) in [7, 11) is 0. The molecular formula is C14H18O2. The molecule has 0 amide bonds. The Morgan fingerprint density at radius 3 is 2.50 bits per heavy atom. The maximum absolute atomic E-state index is 12.1. The van der Waals surface area contributed by atoms with Crippen molar-refractivity contribution in [3.63, 3.8) is 0 Å². The van der Waals surface area contributed by atoms with Gasteiger partial charge < -0.3 is 0 Å². The molecule has 1 atom stereocenters. The molecular weight excluding hydrogens is 200 g/mol. The predicted molar refractivity (Wildman–Crippen MR) is 63.0 cm³/mol. The SMILES string of the molecule is CC1(C2CCC(=O)CCCC2=O)C=CC=C1. The van der Waals surface area contributed by atoms with E-state index < -0.39 is 0 Å². The van der Waals surface area contributed by atoms with Crippen LogP contribution < -0.4 is 0 Å². The lowest BCUT2D eigenvalue weighted by atomic mass is 9.71. The van der Waals surface area contributed by atoms with E-state index in [1.54, 1.807) is 0 Å². The first-order valence-electron chi connectivity index (χ1n) is 6.03. The zero-order valence-electron chi connectivity index (χ0n) is 9.74. The van der Waals surface area contributed by atoms with Gasteiger partial charge in [0.15, 0.2) is 0 Å². The van der Waals surface area contributed by atoms with E-state index in [0.29, 0.717) is 37.2 Å². The number of ketones is 2. The average molecular weight is 218 g/mol. The van der Waals surface area contributed by atoms with Gasteiger partial charge in [0, 0.05) is 30.6 Å². The lowest BCUT2D eigenvalue weighted by Gasteiger charge is -2.31. The number of carbonyl (C=O) groups is 2. The highest BCUT2D eigenvalue weighted by Crippen LogP contribution is 2.39. The smallest absolute Gasteiger partial charge is 0.137 e. The molecule has 2 aliphatic rings. The second-order valence-corrected chi connectivity index (χ2v) is 5.03. The summed E-state index contributed by atoms with van der Waals surface area (Å²) in [6, 6.07) is 0. The fourth-order valence-electron chi connectivity index (χ4n) is 2.70. The van der Waals surface area contributed by atoms with Gasteiger partial charge in [-0.3, -0.25) is 9.59 Å². The molecule has 1 saturated carbocycles. The second-order valence-electron chi connectivity index (χ2n) is 5.03. The Balaban J connectivity index is 2.16. The van der Waals surface area contributed by atoms with Crippen LogP contribution in [0, 0.1) is 11.3 Å². The van der Waals surface area contributed by atoms with Gasteiger partial charge in [-0.2, -0.15) is 0 Å². The van der Waals surface area contributed by atoms with Gasteiger partial charge in [-0.25, -0.2) is 0 Å². The highest BCUT2D eigenvalue weighted by atomic mass is 16.1. The Kier molecular flexibility index (Phi) is 3.08. The molecule has 0 bridgehead atoms. The second kappa shape index (κ2) is 4.36. The molecule has 0 aliphatic heterocycles. The van der Waals surface area contributed by atoms with Crippen LogP contribution >= 0.6 is 0 Å². The minimum atomic E-state index is -0.158. The molecule has 2 heteroatoms. The average Bonchev–Trinajstić information content (AvgIpc) is 2.63. The normalized spacial score (nSPS) is 29.2. The zero-order valence-corrected chi connectivity index (χ0v) is 9.74. The van der Waals surface area contributed by atoms with Gasteiger partial charge in [0.25, 0.3) is 0 Å². The van der Waals surface area contributed by atoms with Crippen LogP contribution in [0.15, 0.2) is 24.3 Å². The van der Waals surface area contributed by atoms with Gasteiger partial charge in [0.1, 0.15) is 11.6 Å². The Morgan fingerprint density at radius 2 is 1.81 bits per heavy atom. The Labute approximate surface area is 96.4 Å². The van der Waals surface area contributed by atoms with Gasteiger partial charge in [-0.1, -0.05) is 31.2 Å². The lowest BCUT2D eigenvalue weighted by Crippen LogP contribution is -2.31. The Morgan fingerprint density at radius 1 is 1.12 bits per heavy atom. The van der Waals surface area contributed by atoms with E-state index in [4.69, 9.17) is 0 Å². The minimum Gasteiger partial charge on any atom is -0.300 e. The van der Waals surface area contributed by atoms with Crippen LogP contribution in [0.25, 0.3) is 0 Å². The highest BCUT2D eigenvalue weighted by molar-refractivity contribution is 5.86. The van der Waals surface area contributed by atoms with Crippen molar-refractivity contribution in [2.45, 2.75) is 39.0 Å². The summed E-state index contributed by atoms with van der Waals surface area (Å²) in [4.78, 5) is 23.5. The predicted octanol–water partition coefficient (Wildman–Crippen LogP) is 2.84. The van der Waals surface area contributed by atoms with Crippen LogP contribution in [0.3, 0.4) is 0 Å². The summed E-state index contributed by atoms with van der Waals surface area (Å²) in [5.41, 5.74) is -0.158. The van der Waals surface area contributed by atoms with E-state index in [9.17, 15) is 9.59 Å². The third-order valence-corrected chi connectivity index (χ3v) is 3.75. The molecule has 0 spiro atoms.